The minimum Gasteiger partial charge on any atom is -0.372 e. The average molecular weight is 387 g/mol. The summed E-state index contributed by atoms with van der Waals surface area (Å²) in [4.78, 5) is 45.5. The van der Waals surface area contributed by atoms with Gasteiger partial charge in [0, 0.05) is 32.8 Å². The first-order valence-corrected chi connectivity index (χ1v) is 8.83. The summed E-state index contributed by atoms with van der Waals surface area (Å²) in [6.45, 7) is 0.0725. The van der Waals surface area contributed by atoms with Gasteiger partial charge in [-0.3, -0.25) is 19.7 Å². The smallest absolute Gasteiger partial charge is 0.293 e. The summed E-state index contributed by atoms with van der Waals surface area (Å²) < 4.78 is 0.530. The van der Waals surface area contributed by atoms with Crippen molar-refractivity contribution in [2.24, 2.45) is 0 Å². The molecular weight excluding hydrogens is 370 g/mol. The summed E-state index contributed by atoms with van der Waals surface area (Å²) >= 11 is 1.30. The number of nitro benzene ring substituents is 1. The normalized spacial score (nSPS) is 10.8. The molecule has 0 unspecified atom stereocenters. The number of benzene rings is 1. The number of aromatic amines is 1. The number of carbonyl (C=O) groups is 1. The van der Waals surface area contributed by atoms with Crippen LogP contribution in [0.4, 0.5) is 11.4 Å². The molecule has 9 nitrogen and oxygen atoms in total. The van der Waals surface area contributed by atoms with Crippen LogP contribution in [0.2, 0.25) is 0 Å². The summed E-state index contributed by atoms with van der Waals surface area (Å²) in [7, 11) is 4.93. The lowest BCUT2D eigenvalue weighted by Crippen LogP contribution is -2.28. The van der Waals surface area contributed by atoms with E-state index in [0.29, 0.717) is 21.7 Å². The van der Waals surface area contributed by atoms with Crippen molar-refractivity contribution in [3.05, 3.63) is 61.5 Å². The maximum absolute atomic E-state index is 12.7. The van der Waals surface area contributed by atoms with Gasteiger partial charge in [0.05, 0.1) is 17.0 Å². The minimum atomic E-state index is -0.518. The number of H-pyrrole nitrogens is 1. The molecule has 1 amide bonds. The van der Waals surface area contributed by atoms with E-state index >= 15 is 0 Å². The fourth-order valence-corrected chi connectivity index (χ4v) is 3.42. The topological polar surface area (TPSA) is 112 Å². The number of hydrogen-bond donors (Lipinski definition) is 1. The van der Waals surface area contributed by atoms with Crippen molar-refractivity contribution in [3.63, 3.8) is 0 Å². The fraction of sp³-hybridized carbons (Fsp3) is 0.235. The number of thiophene rings is 1. The molecule has 2 heterocycles. The van der Waals surface area contributed by atoms with Crippen molar-refractivity contribution in [1.29, 1.82) is 0 Å². The van der Waals surface area contributed by atoms with Crippen molar-refractivity contribution in [3.8, 4) is 0 Å². The number of aromatic nitrogens is 2. The van der Waals surface area contributed by atoms with Crippen molar-refractivity contribution in [2.45, 2.75) is 6.54 Å². The van der Waals surface area contributed by atoms with E-state index in [4.69, 9.17) is 0 Å². The second-order valence-corrected chi connectivity index (χ2v) is 7.08. The molecule has 3 rings (SSSR count). The molecule has 0 aliphatic heterocycles. The number of hydrogen-bond acceptors (Lipinski definition) is 7. The number of nitrogens with zero attached hydrogens (tertiary/aromatic N) is 4. The first-order chi connectivity index (χ1) is 12.8. The van der Waals surface area contributed by atoms with E-state index in [1.54, 1.807) is 43.6 Å². The third-order valence-electron chi connectivity index (χ3n) is 4.00. The first kappa shape index (κ1) is 18.5. The van der Waals surface area contributed by atoms with E-state index in [1.807, 2.05) is 0 Å². The largest absolute Gasteiger partial charge is 0.372 e. The third kappa shape index (κ3) is 3.65. The average Bonchev–Trinajstić information content (AvgIpc) is 3.09. The molecule has 1 N–H and O–H groups in total. The van der Waals surface area contributed by atoms with Gasteiger partial charge in [0.25, 0.3) is 17.2 Å². The Balaban J connectivity index is 1.87. The van der Waals surface area contributed by atoms with Crippen LogP contribution in [-0.4, -0.2) is 46.8 Å². The molecule has 0 aliphatic rings. The second-order valence-electron chi connectivity index (χ2n) is 6.16. The lowest BCUT2D eigenvalue weighted by Gasteiger charge is -2.18. The SMILES string of the molecule is CN(Cc1nc2ccsc2c(=O)[nH]1)C(=O)c1ccc(N(C)C)c([N+](=O)[O-])c1. The number of nitro groups is 1. The highest BCUT2D eigenvalue weighted by atomic mass is 32.1. The Morgan fingerprint density at radius 1 is 1.30 bits per heavy atom. The Hall–Kier alpha value is -3.27. The molecule has 0 atom stereocenters. The van der Waals surface area contributed by atoms with Crippen LogP contribution in [-0.2, 0) is 6.54 Å². The van der Waals surface area contributed by atoms with Crippen molar-refractivity contribution in [1.82, 2.24) is 14.9 Å². The number of anilines is 1. The Morgan fingerprint density at radius 3 is 2.70 bits per heavy atom. The van der Waals surface area contributed by atoms with Gasteiger partial charge in [-0.2, -0.15) is 0 Å². The Kier molecular flexibility index (Phi) is 4.91. The summed E-state index contributed by atoms with van der Waals surface area (Å²) in [5.74, 6) is -0.0577. The van der Waals surface area contributed by atoms with Gasteiger partial charge in [-0.15, -0.1) is 11.3 Å². The zero-order valence-corrected chi connectivity index (χ0v) is 15.7. The highest BCUT2D eigenvalue weighted by Crippen LogP contribution is 2.28. The molecule has 0 spiro atoms. The lowest BCUT2D eigenvalue weighted by molar-refractivity contribution is -0.384. The third-order valence-corrected chi connectivity index (χ3v) is 4.90. The maximum Gasteiger partial charge on any atom is 0.293 e. The predicted octanol–water partition coefficient (Wildman–Crippen LogP) is 2.23. The van der Waals surface area contributed by atoms with Crippen LogP contribution in [0, 0.1) is 10.1 Å². The van der Waals surface area contributed by atoms with Crippen LogP contribution >= 0.6 is 11.3 Å². The molecule has 1 aromatic carbocycles. The van der Waals surface area contributed by atoms with Crippen molar-refractivity contribution in [2.75, 3.05) is 26.0 Å². The van der Waals surface area contributed by atoms with Gasteiger partial charge in [0.2, 0.25) is 0 Å². The number of nitrogens with one attached hydrogen (secondary N) is 1. The number of fused-ring (bicyclic) bond motifs is 1. The quantitative estimate of drug-likeness (QED) is 0.531. The molecule has 0 radical (unpaired) electrons. The maximum atomic E-state index is 12.7. The van der Waals surface area contributed by atoms with Gasteiger partial charge in [0.1, 0.15) is 16.2 Å². The summed E-state index contributed by atoms with van der Waals surface area (Å²) in [6.07, 6.45) is 0. The number of rotatable bonds is 5. The molecule has 2 aromatic heterocycles. The lowest BCUT2D eigenvalue weighted by atomic mass is 10.1. The number of carbonyl (C=O) groups excluding carboxylic acids is 1. The first-order valence-electron chi connectivity index (χ1n) is 7.95. The molecule has 0 bridgehead atoms. The van der Waals surface area contributed by atoms with Gasteiger partial charge in [-0.25, -0.2) is 4.98 Å². The van der Waals surface area contributed by atoms with Crippen LogP contribution < -0.4 is 10.5 Å². The van der Waals surface area contributed by atoms with E-state index in [-0.39, 0.29) is 23.4 Å². The molecule has 10 heteroatoms. The van der Waals surface area contributed by atoms with E-state index in [2.05, 4.69) is 9.97 Å². The van der Waals surface area contributed by atoms with Gasteiger partial charge in [-0.05, 0) is 23.6 Å². The Morgan fingerprint density at radius 2 is 2.04 bits per heavy atom. The van der Waals surface area contributed by atoms with E-state index in [1.165, 1.54) is 28.4 Å². The van der Waals surface area contributed by atoms with Crippen LogP contribution in [0.5, 0.6) is 0 Å². The van der Waals surface area contributed by atoms with Gasteiger partial charge < -0.3 is 14.8 Å². The standard InChI is InChI=1S/C17H17N5O4S/c1-20(2)12-5-4-10(8-13(12)22(25)26)17(24)21(3)9-14-18-11-6-7-27-15(11)16(23)19-14/h4-8H,9H2,1-3H3,(H,18,19,23). The fourth-order valence-electron chi connectivity index (χ4n) is 2.69. The molecular formula is C17H17N5O4S. The highest BCUT2D eigenvalue weighted by molar-refractivity contribution is 7.17. The molecule has 3 aromatic rings. The summed E-state index contributed by atoms with van der Waals surface area (Å²) in [6, 6.07) is 6.08. The van der Waals surface area contributed by atoms with Crippen LogP contribution in [0.15, 0.2) is 34.4 Å². The number of amides is 1. The molecule has 140 valence electrons. The van der Waals surface area contributed by atoms with Crippen LogP contribution in [0.1, 0.15) is 16.2 Å². The summed E-state index contributed by atoms with van der Waals surface area (Å²) in [5.41, 5.74) is 0.773. The van der Waals surface area contributed by atoms with Crippen molar-refractivity contribution >= 4 is 38.8 Å². The van der Waals surface area contributed by atoms with Crippen LogP contribution in [0.3, 0.4) is 0 Å². The molecule has 0 aliphatic carbocycles. The van der Waals surface area contributed by atoms with Gasteiger partial charge in [-0.1, -0.05) is 0 Å². The van der Waals surface area contributed by atoms with Crippen LogP contribution in [0.25, 0.3) is 10.2 Å². The predicted molar refractivity (Wildman–Crippen MR) is 103 cm³/mol. The van der Waals surface area contributed by atoms with E-state index in [9.17, 15) is 19.7 Å². The molecule has 0 fully saturated rings. The van der Waals surface area contributed by atoms with Crippen molar-refractivity contribution < 1.29 is 9.72 Å². The zero-order chi connectivity index (χ0) is 19.7. The summed E-state index contributed by atoms with van der Waals surface area (Å²) in [5, 5.41) is 13.1. The second kappa shape index (κ2) is 7.16. The van der Waals surface area contributed by atoms with E-state index in [0.717, 1.165) is 0 Å². The molecule has 0 saturated carbocycles. The van der Waals surface area contributed by atoms with E-state index < -0.39 is 10.8 Å². The monoisotopic (exact) mass is 387 g/mol. The highest BCUT2D eigenvalue weighted by Gasteiger charge is 2.21. The molecule has 27 heavy (non-hydrogen) atoms. The van der Waals surface area contributed by atoms with Gasteiger partial charge >= 0.3 is 0 Å². The molecule has 0 saturated heterocycles. The zero-order valence-electron chi connectivity index (χ0n) is 14.9. The minimum absolute atomic E-state index is 0.0725. The Bertz CT molecular complexity index is 1090. The Labute approximate surface area is 158 Å². The van der Waals surface area contributed by atoms with Gasteiger partial charge in [0.15, 0.2) is 0 Å².